The van der Waals surface area contributed by atoms with Gasteiger partial charge in [-0.2, -0.15) is 0 Å². The molecule has 2 heterocycles. The molecular formula is C24H41N5O2. The average Bonchev–Trinajstić information content (AvgIpc) is 3.33. The minimum atomic E-state index is 0.00311. The summed E-state index contributed by atoms with van der Waals surface area (Å²) in [6, 6.07) is 8.65. The molecule has 1 aromatic rings. The highest BCUT2D eigenvalue weighted by molar-refractivity contribution is 5.79. The molecule has 7 heteroatoms. The summed E-state index contributed by atoms with van der Waals surface area (Å²) in [7, 11) is 1.76. The molecule has 0 aliphatic carbocycles. The molecule has 0 spiro atoms. The van der Waals surface area contributed by atoms with E-state index in [9.17, 15) is 0 Å². The van der Waals surface area contributed by atoms with E-state index in [2.05, 4.69) is 59.4 Å². The molecule has 0 aromatic heterocycles. The Morgan fingerprint density at radius 3 is 2.52 bits per heavy atom. The van der Waals surface area contributed by atoms with Crippen LogP contribution in [0.2, 0.25) is 0 Å². The van der Waals surface area contributed by atoms with Crippen LogP contribution in [0, 0.1) is 0 Å². The molecule has 2 fully saturated rings. The van der Waals surface area contributed by atoms with Gasteiger partial charge in [-0.25, -0.2) is 0 Å². The quantitative estimate of drug-likeness (QED) is 0.463. The summed E-state index contributed by atoms with van der Waals surface area (Å²) in [5.74, 6) is 1.83. The summed E-state index contributed by atoms with van der Waals surface area (Å²) < 4.78 is 11.2. The number of guanidine groups is 1. The maximum Gasteiger partial charge on any atom is 0.191 e. The fraction of sp³-hybridized carbons (Fsp3) is 0.708. The number of rotatable bonds is 9. The Bertz CT molecular complexity index is 697. The minimum Gasteiger partial charge on any atom is -0.496 e. The minimum absolute atomic E-state index is 0.00311. The first-order chi connectivity index (χ1) is 15.0. The van der Waals surface area contributed by atoms with E-state index in [0.717, 1.165) is 70.7 Å². The lowest BCUT2D eigenvalue weighted by Crippen LogP contribution is -2.52. The van der Waals surface area contributed by atoms with E-state index in [1.54, 1.807) is 7.11 Å². The Hall–Kier alpha value is -1.83. The maximum absolute atomic E-state index is 5.68. The molecule has 1 aromatic carbocycles. The third-order valence-electron chi connectivity index (χ3n) is 6.38. The second-order valence-electron chi connectivity index (χ2n) is 8.99. The van der Waals surface area contributed by atoms with Crippen molar-refractivity contribution in [3.05, 3.63) is 29.8 Å². The molecule has 2 aliphatic rings. The molecule has 2 N–H and O–H groups in total. The molecule has 174 valence electrons. The molecule has 7 nitrogen and oxygen atoms in total. The monoisotopic (exact) mass is 431 g/mol. The molecule has 0 amide bonds. The van der Waals surface area contributed by atoms with Crippen molar-refractivity contribution in [1.82, 2.24) is 20.4 Å². The number of nitrogens with one attached hydrogen (secondary N) is 2. The fourth-order valence-electron chi connectivity index (χ4n) is 4.51. The van der Waals surface area contributed by atoms with Crippen molar-refractivity contribution in [1.29, 1.82) is 0 Å². The Balaban J connectivity index is 1.70. The van der Waals surface area contributed by atoms with Crippen LogP contribution in [0.25, 0.3) is 0 Å². The molecule has 0 bridgehead atoms. The highest BCUT2D eigenvalue weighted by atomic mass is 16.5. The number of aliphatic imine (C=N–C) groups is 1. The van der Waals surface area contributed by atoms with Gasteiger partial charge < -0.3 is 20.1 Å². The molecule has 0 radical (unpaired) electrons. The zero-order valence-corrected chi connectivity index (χ0v) is 19.8. The molecule has 1 unspecified atom stereocenters. The van der Waals surface area contributed by atoms with Gasteiger partial charge in [0.25, 0.3) is 0 Å². The summed E-state index contributed by atoms with van der Waals surface area (Å²) in [5, 5.41) is 7.05. The van der Waals surface area contributed by atoms with E-state index >= 15 is 0 Å². The number of hydrogen-bond acceptors (Lipinski definition) is 5. The molecule has 2 saturated heterocycles. The van der Waals surface area contributed by atoms with Gasteiger partial charge in [0.1, 0.15) is 5.75 Å². The van der Waals surface area contributed by atoms with Crippen LogP contribution in [0.15, 0.2) is 29.3 Å². The van der Waals surface area contributed by atoms with Crippen LogP contribution in [0.1, 0.15) is 45.2 Å². The highest BCUT2D eigenvalue weighted by Crippen LogP contribution is 2.31. The summed E-state index contributed by atoms with van der Waals surface area (Å²) in [6.07, 6.45) is 2.51. The smallest absolute Gasteiger partial charge is 0.191 e. The van der Waals surface area contributed by atoms with E-state index in [0.29, 0.717) is 0 Å². The number of likely N-dealkylation sites (tertiary alicyclic amines) is 1. The van der Waals surface area contributed by atoms with Crippen molar-refractivity contribution in [2.45, 2.75) is 45.2 Å². The Morgan fingerprint density at radius 2 is 1.84 bits per heavy atom. The van der Waals surface area contributed by atoms with Crippen LogP contribution in [0.4, 0.5) is 0 Å². The average molecular weight is 432 g/mol. The lowest BCUT2D eigenvalue weighted by atomic mass is 10.0. The molecule has 1 atom stereocenters. The maximum atomic E-state index is 5.68. The first-order valence-electron chi connectivity index (χ1n) is 11.8. The normalized spacial score (nSPS) is 19.9. The lowest BCUT2D eigenvalue weighted by Gasteiger charge is -2.40. The van der Waals surface area contributed by atoms with Gasteiger partial charge in [0, 0.05) is 37.3 Å². The van der Waals surface area contributed by atoms with Gasteiger partial charge in [0.05, 0.1) is 32.9 Å². The molecular weight excluding hydrogens is 390 g/mol. The first-order valence-corrected chi connectivity index (χ1v) is 11.8. The van der Waals surface area contributed by atoms with Gasteiger partial charge in [-0.05, 0) is 52.8 Å². The summed E-state index contributed by atoms with van der Waals surface area (Å²) in [6.45, 7) is 14.8. The van der Waals surface area contributed by atoms with Crippen LogP contribution in [0.5, 0.6) is 5.75 Å². The lowest BCUT2D eigenvalue weighted by molar-refractivity contribution is -0.00684. The number of methoxy groups -OCH3 is 1. The largest absolute Gasteiger partial charge is 0.496 e. The zero-order valence-electron chi connectivity index (χ0n) is 19.8. The number of nitrogens with zero attached hydrogens (tertiary/aromatic N) is 3. The SMILES string of the molecule is CCNC(=NCC(C)(C)N1CCOCC1)NCC(c1ccccc1OC)N1CCCC1. The van der Waals surface area contributed by atoms with Crippen molar-refractivity contribution < 1.29 is 9.47 Å². The van der Waals surface area contributed by atoms with Gasteiger partial charge in [-0.15, -0.1) is 0 Å². The second kappa shape index (κ2) is 11.7. The number of benzene rings is 1. The van der Waals surface area contributed by atoms with Gasteiger partial charge in [0.15, 0.2) is 5.96 Å². The number of ether oxygens (including phenoxy) is 2. The third-order valence-corrected chi connectivity index (χ3v) is 6.38. The molecule has 0 saturated carbocycles. The standard InChI is InChI=1S/C24H41N5O2/c1-5-25-23(27-19-24(2,3)29-14-16-31-17-15-29)26-18-21(28-12-8-9-13-28)20-10-6-7-11-22(20)30-4/h6-7,10-11,21H,5,8-9,12-19H2,1-4H3,(H2,25,26,27). The summed E-state index contributed by atoms with van der Waals surface area (Å²) in [4.78, 5) is 10.00. The van der Waals surface area contributed by atoms with Crippen LogP contribution >= 0.6 is 0 Å². The van der Waals surface area contributed by atoms with Gasteiger partial charge >= 0.3 is 0 Å². The van der Waals surface area contributed by atoms with E-state index in [-0.39, 0.29) is 11.6 Å². The zero-order chi connectivity index (χ0) is 22.1. The highest BCUT2D eigenvalue weighted by Gasteiger charge is 2.29. The van der Waals surface area contributed by atoms with E-state index < -0.39 is 0 Å². The van der Waals surface area contributed by atoms with Crippen LogP contribution in [0.3, 0.4) is 0 Å². The first kappa shape index (κ1) is 23.8. The van der Waals surface area contributed by atoms with Gasteiger partial charge in [0.2, 0.25) is 0 Å². The topological polar surface area (TPSA) is 61.4 Å². The number of morpholine rings is 1. The van der Waals surface area contributed by atoms with E-state index in [1.165, 1.54) is 18.4 Å². The molecule has 31 heavy (non-hydrogen) atoms. The van der Waals surface area contributed by atoms with Crippen molar-refractivity contribution in [2.24, 2.45) is 4.99 Å². The summed E-state index contributed by atoms with van der Waals surface area (Å²) in [5.41, 5.74) is 1.24. The van der Waals surface area contributed by atoms with Crippen LogP contribution in [-0.4, -0.2) is 87.4 Å². The Morgan fingerprint density at radius 1 is 1.13 bits per heavy atom. The van der Waals surface area contributed by atoms with E-state index in [4.69, 9.17) is 14.5 Å². The number of hydrogen-bond donors (Lipinski definition) is 2. The third kappa shape index (κ3) is 6.57. The predicted molar refractivity (Wildman–Crippen MR) is 127 cm³/mol. The fourth-order valence-corrected chi connectivity index (χ4v) is 4.51. The van der Waals surface area contributed by atoms with Gasteiger partial charge in [-0.3, -0.25) is 14.8 Å². The van der Waals surface area contributed by atoms with Crippen molar-refractivity contribution in [2.75, 3.05) is 66.1 Å². The second-order valence-corrected chi connectivity index (χ2v) is 8.99. The Labute approximate surface area is 188 Å². The Kier molecular flexibility index (Phi) is 8.99. The summed E-state index contributed by atoms with van der Waals surface area (Å²) >= 11 is 0. The van der Waals surface area contributed by atoms with Crippen molar-refractivity contribution in [3.8, 4) is 5.75 Å². The van der Waals surface area contributed by atoms with E-state index in [1.807, 2.05) is 6.07 Å². The van der Waals surface area contributed by atoms with Crippen molar-refractivity contribution in [3.63, 3.8) is 0 Å². The number of para-hydroxylation sites is 1. The van der Waals surface area contributed by atoms with Crippen molar-refractivity contribution >= 4 is 5.96 Å². The predicted octanol–water partition coefficient (Wildman–Crippen LogP) is 2.50. The molecule has 2 aliphatic heterocycles. The van der Waals surface area contributed by atoms with Gasteiger partial charge in [-0.1, -0.05) is 18.2 Å². The van der Waals surface area contributed by atoms with Crippen LogP contribution < -0.4 is 15.4 Å². The van der Waals surface area contributed by atoms with Crippen LogP contribution in [-0.2, 0) is 4.74 Å². The molecule has 3 rings (SSSR count).